The number of ether oxygens (including phenoxy) is 1. The number of carbonyl (C=O) groups excluding carboxylic acids is 2. The molecule has 2 amide bonds. The summed E-state index contributed by atoms with van der Waals surface area (Å²) in [6, 6.07) is 15.0. The zero-order valence-corrected chi connectivity index (χ0v) is 14.5. The zero-order chi connectivity index (χ0) is 17.8. The van der Waals surface area contributed by atoms with E-state index in [4.69, 9.17) is 4.74 Å². The van der Waals surface area contributed by atoms with E-state index in [1.165, 1.54) is 4.90 Å². The van der Waals surface area contributed by atoms with E-state index in [1.807, 2.05) is 43.3 Å². The second-order valence-corrected chi connectivity index (χ2v) is 7.37. The summed E-state index contributed by atoms with van der Waals surface area (Å²) in [5.41, 5.74) is 1.68. The Bertz CT molecular complexity index is 901. The summed E-state index contributed by atoms with van der Waals surface area (Å²) in [4.78, 5) is 27.1. The normalized spacial score (nSPS) is 28.7. The fraction of sp³-hybridized carbons (Fsp3) is 0.273. The van der Waals surface area contributed by atoms with Crippen LogP contribution in [0.5, 0.6) is 11.5 Å². The summed E-state index contributed by atoms with van der Waals surface area (Å²) >= 11 is 0. The van der Waals surface area contributed by atoms with Crippen molar-refractivity contribution in [2.45, 2.75) is 13.3 Å². The van der Waals surface area contributed by atoms with Gasteiger partial charge in [-0.3, -0.25) is 14.5 Å². The molecule has 1 saturated carbocycles. The van der Waals surface area contributed by atoms with E-state index in [1.54, 1.807) is 12.1 Å². The lowest BCUT2D eigenvalue weighted by atomic mass is 9.85. The SMILES string of the molecule is Cc1ccccc1Oc1ccc(N2C(=O)C3C4C=CC(C4)C3C2=O)cc1. The summed E-state index contributed by atoms with van der Waals surface area (Å²) in [5, 5.41) is 0. The van der Waals surface area contributed by atoms with Crippen molar-refractivity contribution >= 4 is 17.5 Å². The van der Waals surface area contributed by atoms with Crippen LogP contribution in [0.15, 0.2) is 60.7 Å². The number of benzene rings is 2. The number of carbonyl (C=O) groups is 2. The predicted octanol–water partition coefficient (Wildman–Crippen LogP) is 4.10. The highest BCUT2D eigenvalue weighted by molar-refractivity contribution is 6.22. The first-order chi connectivity index (χ1) is 12.6. The third kappa shape index (κ3) is 2.15. The highest BCUT2D eigenvalue weighted by Crippen LogP contribution is 2.53. The Balaban J connectivity index is 1.39. The number of hydrogen-bond donors (Lipinski definition) is 0. The molecule has 1 heterocycles. The Hall–Kier alpha value is -2.88. The molecule has 1 saturated heterocycles. The molecule has 4 heteroatoms. The molecule has 0 spiro atoms. The lowest BCUT2D eigenvalue weighted by Gasteiger charge is -2.17. The van der Waals surface area contributed by atoms with E-state index < -0.39 is 0 Å². The molecule has 1 aliphatic heterocycles. The van der Waals surface area contributed by atoms with Crippen LogP contribution in [0.4, 0.5) is 5.69 Å². The minimum atomic E-state index is -0.166. The average Bonchev–Trinajstić information content (AvgIpc) is 3.32. The van der Waals surface area contributed by atoms with Gasteiger partial charge >= 0.3 is 0 Å². The van der Waals surface area contributed by atoms with Crippen LogP contribution in [0.2, 0.25) is 0 Å². The van der Waals surface area contributed by atoms with E-state index in [2.05, 4.69) is 12.2 Å². The van der Waals surface area contributed by atoms with Gasteiger partial charge in [0, 0.05) is 0 Å². The molecule has 4 nitrogen and oxygen atoms in total. The minimum absolute atomic E-state index is 0.0515. The Morgan fingerprint density at radius 3 is 2.12 bits per heavy atom. The first-order valence-electron chi connectivity index (χ1n) is 9.03. The number of hydrogen-bond acceptors (Lipinski definition) is 3. The first-order valence-corrected chi connectivity index (χ1v) is 9.03. The predicted molar refractivity (Wildman–Crippen MR) is 97.9 cm³/mol. The molecule has 2 aliphatic carbocycles. The number of nitrogens with zero attached hydrogens (tertiary/aromatic N) is 1. The molecule has 2 bridgehead atoms. The lowest BCUT2D eigenvalue weighted by Crippen LogP contribution is -2.32. The van der Waals surface area contributed by atoms with Gasteiger partial charge in [-0.25, -0.2) is 0 Å². The molecule has 0 aromatic heterocycles. The summed E-state index contributed by atoms with van der Waals surface area (Å²) in [6.07, 6.45) is 5.17. The number of rotatable bonds is 3. The van der Waals surface area contributed by atoms with Crippen molar-refractivity contribution in [3.63, 3.8) is 0 Å². The van der Waals surface area contributed by atoms with Crippen molar-refractivity contribution in [3.8, 4) is 11.5 Å². The maximum Gasteiger partial charge on any atom is 0.238 e. The Kier molecular flexibility index (Phi) is 3.29. The fourth-order valence-electron chi connectivity index (χ4n) is 4.62. The number of allylic oxidation sites excluding steroid dienone is 2. The van der Waals surface area contributed by atoms with Gasteiger partial charge in [0.05, 0.1) is 17.5 Å². The van der Waals surface area contributed by atoms with Gasteiger partial charge in [-0.2, -0.15) is 0 Å². The fourth-order valence-corrected chi connectivity index (χ4v) is 4.62. The van der Waals surface area contributed by atoms with Crippen LogP contribution in [-0.2, 0) is 9.59 Å². The second kappa shape index (κ2) is 5.56. The number of para-hydroxylation sites is 1. The standard InChI is InChI=1S/C22H19NO3/c1-13-4-2-3-5-18(13)26-17-10-8-16(9-11-17)23-21(24)19-14-6-7-15(12-14)20(19)22(23)25/h2-11,14-15,19-20H,12H2,1H3. The number of fused-ring (bicyclic) bond motifs is 5. The van der Waals surface area contributed by atoms with E-state index in [0.717, 1.165) is 17.7 Å². The Morgan fingerprint density at radius 2 is 1.50 bits per heavy atom. The van der Waals surface area contributed by atoms with Crippen molar-refractivity contribution in [2.24, 2.45) is 23.7 Å². The Labute approximate surface area is 152 Å². The summed E-state index contributed by atoms with van der Waals surface area (Å²) < 4.78 is 5.90. The molecule has 130 valence electrons. The number of anilines is 1. The Morgan fingerprint density at radius 1 is 0.885 bits per heavy atom. The monoisotopic (exact) mass is 345 g/mol. The van der Waals surface area contributed by atoms with Crippen LogP contribution in [0.3, 0.4) is 0 Å². The number of imide groups is 1. The van der Waals surface area contributed by atoms with Crippen LogP contribution < -0.4 is 9.64 Å². The summed E-state index contributed by atoms with van der Waals surface area (Å²) in [7, 11) is 0. The summed E-state index contributed by atoms with van der Waals surface area (Å²) in [6.45, 7) is 1.99. The van der Waals surface area contributed by atoms with Crippen molar-refractivity contribution in [1.82, 2.24) is 0 Å². The van der Waals surface area contributed by atoms with E-state index >= 15 is 0 Å². The zero-order valence-electron chi connectivity index (χ0n) is 14.5. The minimum Gasteiger partial charge on any atom is -0.457 e. The molecule has 0 N–H and O–H groups in total. The summed E-state index contributed by atoms with van der Waals surface area (Å²) in [5.74, 6) is 1.51. The maximum atomic E-state index is 12.8. The van der Waals surface area contributed by atoms with Gasteiger partial charge < -0.3 is 4.74 Å². The van der Waals surface area contributed by atoms with Crippen molar-refractivity contribution in [2.75, 3.05) is 4.90 Å². The smallest absolute Gasteiger partial charge is 0.238 e. The molecule has 4 unspecified atom stereocenters. The van der Waals surface area contributed by atoms with Gasteiger partial charge in [0.25, 0.3) is 0 Å². The van der Waals surface area contributed by atoms with Gasteiger partial charge in [-0.15, -0.1) is 0 Å². The molecule has 0 radical (unpaired) electrons. The van der Waals surface area contributed by atoms with Crippen molar-refractivity contribution in [1.29, 1.82) is 0 Å². The molecule has 2 aromatic carbocycles. The third-order valence-corrected chi connectivity index (χ3v) is 5.89. The van der Waals surface area contributed by atoms with Crippen LogP contribution in [-0.4, -0.2) is 11.8 Å². The topological polar surface area (TPSA) is 46.6 Å². The second-order valence-electron chi connectivity index (χ2n) is 7.37. The molecule has 26 heavy (non-hydrogen) atoms. The van der Waals surface area contributed by atoms with Gasteiger partial charge in [-0.1, -0.05) is 30.4 Å². The molecule has 3 aliphatic rings. The van der Waals surface area contributed by atoms with Gasteiger partial charge in [0.15, 0.2) is 0 Å². The van der Waals surface area contributed by atoms with E-state index in [-0.39, 0.29) is 35.5 Å². The van der Waals surface area contributed by atoms with Crippen LogP contribution in [0.25, 0.3) is 0 Å². The largest absolute Gasteiger partial charge is 0.457 e. The van der Waals surface area contributed by atoms with Gasteiger partial charge in [0.1, 0.15) is 11.5 Å². The van der Waals surface area contributed by atoms with Crippen LogP contribution in [0.1, 0.15) is 12.0 Å². The molecule has 4 atom stereocenters. The van der Waals surface area contributed by atoms with E-state index in [9.17, 15) is 9.59 Å². The average molecular weight is 345 g/mol. The number of amides is 2. The van der Waals surface area contributed by atoms with Crippen molar-refractivity contribution < 1.29 is 14.3 Å². The quantitative estimate of drug-likeness (QED) is 0.621. The van der Waals surface area contributed by atoms with Gasteiger partial charge in [-0.05, 0) is 61.1 Å². The molecular formula is C22H19NO3. The third-order valence-electron chi connectivity index (χ3n) is 5.89. The molecule has 2 fully saturated rings. The molecular weight excluding hydrogens is 326 g/mol. The van der Waals surface area contributed by atoms with E-state index in [0.29, 0.717) is 11.4 Å². The molecule has 5 rings (SSSR count). The first kappa shape index (κ1) is 15.4. The van der Waals surface area contributed by atoms with Crippen LogP contribution >= 0.6 is 0 Å². The van der Waals surface area contributed by atoms with Crippen molar-refractivity contribution in [3.05, 3.63) is 66.2 Å². The van der Waals surface area contributed by atoms with Crippen LogP contribution in [0, 0.1) is 30.6 Å². The lowest BCUT2D eigenvalue weighted by molar-refractivity contribution is -0.123. The highest BCUT2D eigenvalue weighted by atomic mass is 16.5. The molecule has 2 aromatic rings. The highest BCUT2D eigenvalue weighted by Gasteiger charge is 2.59. The maximum absolute atomic E-state index is 12.8. The van der Waals surface area contributed by atoms with Gasteiger partial charge in [0.2, 0.25) is 11.8 Å². The number of aryl methyl sites for hydroxylation is 1.